The van der Waals surface area contributed by atoms with Crippen LogP contribution in [-0.2, 0) is 4.79 Å². The molecule has 1 heterocycles. The number of carbonyl (C=O) groups excluding carboxylic acids is 2. The van der Waals surface area contributed by atoms with E-state index in [1.807, 2.05) is 26.0 Å². The Hall–Kier alpha value is -2.93. The van der Waals surface area contributed by atoms with Crippen molar-refractivity contribution >= 4 is 23.4 Å². The molecule has 0 spiro atoms. The Balaban J connectivity index is 1.98. The van der Waals surface area contributed by atoms with Gasteiger partial charge in [0.2, 0.25) is 11.7 Å². The summed E-state index contributed by atoms with van der Waals surface area (Å²) >= 11 is 5.96. The zero-order valence-electron chi connectivity index (χ0n) is 19.0. The summed E-state index contributed by atoms with van der Waals surface area (Å²) in [6.45, 7) is 4.52. The van der Waals surface area contributed by atoms with Crippen LogP contribution in [0.2, 0.25) is 5.02 Å². The molecule has 2 atom stereocenters. The number of nitrogens with one attached hydrogen (secondary N) is 1. The molecule has 2 amide bonds. The number of ether oxygens (including phenoxy) is 3. The van der Waals surface area contributed by atoms with Gasteiger partial charge in [-0.15, -0.1) is 0 Å². The number of nitrogens with zero attached hydrogens (tertiary/aromatic N) is 1. The molecule has 1 aliphatic heterocycles. The van der Waals surface area contributed by atoms with Gasteiger partial charge in [-0.3, -0.25) is 9.59 Å². The summed E-state index contributed by atoms with van der Waals surface area (Å²) in [7, 11) is 4.64. The first-order valence-corrected chi connectivity index (χ1v) is 10.8. The maximum absolute atomic E-state index is 13.2. The molecular weight excluding hydrogens is 432 g/mol. The molecule has 32 heavy (non-hydrogen) atoms. The maximum atomic E-state index is 13.2. The standard InChI is InChI=1S/C24H29ClN2O5/c1-14(2)26-23(28)19-13-27(24(29)15-6-8-17(25)9-7-15)12-18(19)16-10-20(30-3)22(32-5)21(11-16)31-4/h6-11,14,18-19H,12-13H2,1-5H3,(H,26,28)/t18-,19+/m1/s1. The van der Waals surface area contributed by atoms with Crippen LogP contribution in [0.4, 0.5) is 0 Å². The first-order chi connectivity index (χ1) is 15.3. The highest BCUT2D eigenvalue weighted by Crippen LogP contribution is 2.43. The number of rotatable bonds is 7. The van der Waals surface area contributed by atoms with Gasteiger partial charge in [0, 0.05) is 35.6 Å². The third kappa shape index (κ3) is 4.93. The summed E-state index contributed by atoms with van der Waals surface area (Å²) in [5.41, 5.74) is 1.37. The molecule has 0 aliphatic carbocycles. The molecule has 0 radical (unpaired) electrons. The highest BCUT2D eigenvalue weighted by atomic mass is 35.5. The van der Waals surface area contributed by atoms with Crippen molar-refractivity contribution in [3.05, 3.63) is 52.5 Å². The number of carbonyl (C=O) groups is 2. The van der Waals surface area contributed by atoms with Gasteiger partial charge in [-0.25, -0.2) is 0 Å². The summed E-state index contributed by atoms with van der Waals surface area (Å²) in [5.74, 6) is 0.605. The number of methoxy groups -OCH3 is 3. The van der Waals surface area contributed by atoms with Gasteiger partial charge >= 0.3 is 0 Å². The number of likely N-dealkylation sites (tertiary alicyclic amines) is 1. The maximum Gasteiger partial charge on any atom is 0.253 e. The molecule has 1 saturated heterocycles. The van der Waals surface area contributed by atoms with Crippen molar-refractivity contribution in [3.8, 4) is 17.2 Å². The lowest BCUT2D eigenvalue weighted by Gasteiger charge is -2.21. The Morgan fingerprint density at radius 1 is 1.00 bits per heavy atom. The largest absolute Gasteiger partial charge is 0.493 e. The summed E-state index contributed by atoms with van der Waals surface area (Å²) in [6, 6.07) is 10.4. The predicted molar refractivity (Wildman–Crippen MR) is 123 cm³/mol. The predicted octanol–water partition coefficient (Wildman–Crippen LogP) is 3.75. The fourth-order valence-electron chi connectivity index (χ4n) is 4.06. The first kappa shape index (κ1) is 23.7. The van der Waals surface area contributed by atoms with Crippen molar-refractivity contribution in [2.24, 2.45) is 5.92 Å². The van der Waals surface area contributed by atoms with Gasteiger partial charge < -0.3 is 24.4 Å². The molecule has 1 N–H and O–H groups in total. The van der Waals surface area contributed by atoms with Crippen LogP contribution in [0.5, 0.6) is 17.2 Å². The van der Waals surface area contributed by atoms with Crippen LogP contribution in [0, 0.1) is 5.92 Å². The molecular formula is C24H29ClN2O5. The molecule has 2 aromatic rings. The number of halogens is 1. The topological polar surface area (TPSA) is 77.1 Å². The molecule has 3 rings (SSSR count). The van der Waals surface area contributed by atoms with Crippen LogP contribution >= 0.6 is 11.6 Å². The summed E-state index contributed by atoms with van der Waals surface area (Å²) in [5, 5.41) is 3.55. The lowest BCUT2D eigenvalue weighted by Crippen LogP contribution is -2.39. The van der Waals surface area contributed by atoms with Crippen LogP contribution in [-0.4, -0.2) is 57.2 Å². The Labute approximate surface area is 193 Å². The van der Waals surface area contributed by atoms with E-state index in [1.54, 1.807) is 50.5 Å². The zero-order valence-corrected chi connectivity index (χ0v) is 19.7. The van der Waals surface area contributed by atoms with E-state index in [0.717, 1.165) is 5.56 Å². The first-order valence-electron chi connectivity index (χ1n) is 10.4. The van der Waals surface area contributed by atoms with E-state index in [2.05, 4.69) is 5.32 Å². The van der Waals surface area contributed by atoms with Gasteiger partial charge in [-0.2, -0.15) is 0 Å². The van der Waals surface area contributed by atoms with Crippen molar-refractivity contribution < 1.29 is 23.8 Å². The van der Waals surface area contributed by atoms with Crippen LogP contribution < -0.4 is 19.5 Å². The van der Waals surface area contributed by atoms with Crippen molar-refractivity contribution in [2.45, 2.75) is 25.8 Å². The molecule has 1 fully saturated rings. The minimum atomic E-state index is -0.420. The van der Waals surface area contributed by atoms with E-state index >= 15 is 0 Å². The van der Waals surface area contributed by atoms with E-state index in [4.69, 9.17) is 25.8 Å². The van der Waals surface area contributed by atoms with E-state index in [-0.39, 0.29) is 23.8 Å². The average molecular weight is 461 g/mol. The second-order valence-corrected chi connectivity index (χ2v) is 8.49. The van der Waals surface area contributed by atoms with Gasteiger partial charge in [0.25, 0.3) is 5.91 Å². The molecule has 7 nitrogen and oxygen atoms in total. The second kappa shape index (κ2) is 10.1. The lowest BCUT2D eigenvalue weighted by atomic mass is 9.87. The number of amides is 2. The average Bonchev–Trinajstić information content (AvgIpc) is 3.23. The highest BCUT2D eigenvalue weighted by molar-refractivity contribution is 6.30. The Morgan fingerprint density at radius 2 is 1.59 bits per heavy atom. The molecule has 0 saturated carbocycles. The van der Waals surface area contributed by atoms with Crippen LogP contribution in [0.15, 0.2) is 36.4 Å². The van der Waals surface area contributed by atoms with Crippen molar-refractivity contribution in [3.63, 3.8) is 0 Å². The molecule has 0 unspecified atom stereocenters. The third-order valence-electron chi connectivity index (χ3n) is 5.58. The SMILES string of the molecule is COc1cc([C@H]2CN(C(=O)c3ccc(Cl)cc3)C[C@@H]2C(=O)NC(C)C)cc(OC)c1OC. The lowest BCUT2D eigenvalue weighted by molar-refractivity contribution is -0.125. The molecule has 0 aromatic heterocycles. The number of benzene rings is 2. The van der Waals surface area contributed by atoms with E-state index in [1.165, 1.54) is 0 Å². The van der Waals surface area contributed by atoms with Crippen LogP contribution in [0.25, 0.3) is 0 Å². The zero-order chi connectivity index (χ0) is 23.4. The number of hydrogen-bond donors (Lipinski definition) is 1. The fourth-order valence-corrected chi connectivity index (χ4v) is 4.18. The molecule has 1 aliphatic rings. The van der Waals surface area contributed by atoms with Crippen molar-refractivity contribution in [1.29, 1.82) is 0 Å². The fraction of sp³-hybridized carbons (Fsp3) is 0.417. The highest BCUT2D eigenvalue weighted by Gasteiger charge is 2.41. The molecule has 0 bridgehead atoms. The molecule has 172 valence electrons. The third-order valence-corrected chi connectivity index (χ3v) is 5.83. The summed E-state index contributed by atoms with van der Waals surface area (Å²) in [4.78, 5) is 27.9. The molecule has 8 heteroatoms. The summed E-state index contributed by atoms with van der Waals surface area (Å²) in [6.07, 6.45) is 0. The van der Waals surface area contributed by atoms with Gasteiger partial charge in [0.1, 0.15) is 0 Å². The smallest absolute Gasteiger partial charge is 0.253 e. The van der Waals surface area contributed by atoms with Crippen LogP contribution in [0.1, 0.15) is 35.7 Å². The summed E-state index contributed by atoms with van der Waals surface area (Å²) < 4.78 is 16.4. The monoisotopic (exact) mass is 460 g/mol. The number of hydrogen-bond acceptors (Lipinski definition) is 5. The minimum absolute atomic E-state index is 0.0101. The normalized spacial score (nSPS) is 17.9. The Kier molecular flexibility index (Phi) is 7.51. The Morgan fingerprint density at radius 3 is 2.09 bits per heavy atom. The van der Waals surface area contributed by atoms with E-state index in [0.29, 0.717) is 40.9 Å². The van der Waals surface area contributed by atoms with Crippen molar-refractivity contribution in [1.82, 2.24) is 10.2 Å². The van der Waals surface area contributed by atoms with E-state index < -0.39 is 5.92 Å². The molecule has 2 aromatic carbocycles. The van der Waals surface area contributed by atoms with Gasteiger partial charge in [-0.05, 0) is 55.8 Å². The second-order valence-electron chi connectivity index (χ2n) is 8.05. The minimum Gasteiger partial charge on any atom is -0.493 e. The van der Waals surface area contributed by atoms with Gasteiger partial charge in [0.05, 0.1) is 27.2 Å². The Bertz CT molecular complexity index is 952. The van der Waals surface area contributed by atoms with Crippen molar-refractivity contribution in [2.75, 3.05) is 34.4 Å². The van der Waals surface area contributed by atoms with Gasteiger partial charge in [0.15, 0.2) is 11.5 Å². The van der Waals surface area contributed by atoms with E-state index in [9.17, 15) is 9.59 Å². The quantitative estimate of drug-likeness (QED) is 0.681. The van der Waals surface area contributed by atoms with Gasteiger partial charge in [-0.1, -0.05) is 11.6 Å². The van der Waals surface area contributed by atoms with Crippen LogP contribution in [0.3, 0.4) is 0 Å².